The zero-order valence-electron chi connectivity index (χ0n) is 17.8. The number of anilines is 1. The Labute approximate surface area is 191 Å². The van der Waals surface area contributed by atoms with Gasteiger partial charge in [-0.15, -0.1) is 0 Å². The Morgan fingerprint density at radius 3 is 2.91 bits per heavy atom. The Kier molecular flexibility index (Phi) is 4.54. The number of carbonyl (C=O) groups excluding carboxylic acids is 1. The third-order valence-electron chi connectivity index (χ3n) is 5.85. The molecule has 2 aromatic carbocycles. The molecule has 0 bridgehead atoms. The van der Waals surface area contributed by atoms with Crippen molar-refractivity contribution in [2.24, 2.45) is 0 Å². The average Bonchev–Trinajstić information content (AvgIpc) is 3.32. The molecular formula is C24H17F2N5O3. The molecule has 2 atom stereocenters. The van der Waals surface area contributed by atoms with E-state index in [0.717, 1.165) is 5.56 Å². The number of rotatable bonds is 5. The van der Waals surface area contributed by atoms with Crippen molar-refractivity contribution in [1.29, 1.82) is 0 Å². The molecule has 0 saturated heterocycles. The lowest BCUT2D eigenvalue weighted by Gasteiger charge is -2.08. The lowest BCUT2D eigenvalue weighted by Crippen LogP contribution is -2.12. The molecule has 1 amide bonds. The van der Waals surface area contributed by atoms with Crippen LogP contribution in [0.25, 0.3) is 33.7 Å². The average molecular weight is 461 g/mol. The Balaban J connectivity index is 1.25. The van der Waals surface area contributed by atoms with Crippen molar-refractivity contribution in [1.82, 2.24) is 20.1 Å². The number of aromatic nitrogens is 4. The zero-order valence-corrected chi connectivity index (χ0v) is 17.8. The molecule has 3 heterocycles. The Hall–Kier alpha value is -4.34. The van der Waals surface area contributed by atoms with Gasteiger partial charge in [0.05, 0.1) is 17.6 Å². The number of nitrogens with zero attached hydrogens (tertiary/aromatic N) is 3. The fraction of sp³-hybridized carbons (Fsp3) is 0.167. The molecule has 1 aliphatic rings. The van der Waals surface area contributed by atoms with Crippen LogP contribution in [0.15, 0.2) is 57.7 Å². The number of aromatic amines is 1. The molecule has 34 heavy (non-hydrogen) atoms. The first-order valence-corrected chi connectivity index (χ1v) is 10.6. The van der Waals surface area contributed by atoms with Crippen LogP contribution in [-0.4, -0.2) is 32.2 Å². The highest BCUT2D eigenvalue weighted by molar-refractivity contribution is 6.03. The number of hydrogen-bond acceptors (Lipinski definition) is 6. The monoisotopic (exact) mass is 461 g/mol. The first kappa shape index (κ1) is 20.3. The van der Waals surface area contributed by atoms with Crippen molar-refractivity contribution < 1.29 is 22.5 Å². The number of oxazole rings is 1. The predicted molar refractivity (Wildman–Crippen MR) is 118 cm³/mol. The molecule has 1 aliphatic carbocycles. The Morgan fingerprint density at radius 1 is 1.24 bits per heavy atom. The van der Waals surface area contributed by atoms with Gasteiger partial charge in [-0.05, 0) is 43.2 Å². The van der Waals surface area contributed by atoms with Gasteiger partial charge in [0.15, 0.2) is 0 Å². The van der Waals surface area contributed by atoms with Gasteiger partial charge in [0.1, 0.15) is 12.0 Å². The number of halogens is 2. The maximum absolute atomic E-state index is 14.0. The van der Waals surface area contributed by atoms with Gasteiger partial charge in [-0.3, -0.25) is 4.79 Å². The predicted octanol–water partition coefficient (Wildman–Crippen LogP) is 5.40. The SMILES string of the molecule is Cc1ccc(-c2noc([C@H]3C[C@@H]3F)n2)cc1NC(=O)c1cnc(-c2ccc(F)c3[nH]ccc23)o1. The largest absolute Gasteiger partial charge is 0.431 e. The van der Waals surface area contributed by atoms with E-state index in [2.05, 4.69) is 25.4 Å². The van der Waals surface area contributed by atoms with Crippen LogP contribution in [-0.2, 0) is 0 Å². The van der Waals surface area contributed by atoms with Crippen LogP contribution in [0, 0.1) is 12.7 Å². The summed E-state index contributed by atoms with van der Waals surface area (Å²) in [6.07, 6.45) is 2.40. The number of carbonyl (C=O) groups is 1. The van der Waals surface area contributed by atoms with E-state index in [1.165, 1.54) is 12.3 Å². The first-order chi connectivity index (χ1) is 16.5. The first-order valence-electron chi connectivity index (χ1n) is 10.6. The second-order valence-electron chi connectivity index (χ2n) is 8.19. The van der Waals surface area contributed by atoms with Crippen LogP contribution in [0.2, 0.25) is 0 Å². The molecule has 0 spiro atoms. The summed E-state index contributed by atoms with van der Waals surface area (Å²) in [6.45, 7) is 1.84. The highest BCUT2D eigenvalue weighted by Crippen LogP contribution is 2.43. The normalized spacial score (nSPS) is 17.3. The van der Waals surface area contributed by atoms with Gasteiger partial charge in [0.2, 0.25) is 23.4 Å². The Morgan fingerprint density at radius 2 is 2.09 bits per heavy atom. The summed E-state index contributed by atoms with van der Waals surface area (Å²) in [4.78, 5) is 24.2. The van der Waals surface area contributed by atoms with Crippen LogP contribution in [0.4, 0.5) is 14.5 Å². The summed E-state index contributed by atoms with van der Waals surface area (Å²) >= 11 is 0. The Bertz CT molecular complexity index is 1550. The molecule has 10 heteroatoms. The minimum absolute atomic E-state index is 0.00242. The van der Waals surface area contributed by atoms with Crippen molar-refractivity contribution >= 4 is 22.5 Å². The van der Waals surface area contributed by atoms with Gasteiger partial charge in [-0.25, -0.2) is 13.8 Å². The third-order valence-corrected chi connectivity index (χ3v) is 5.85. The van der Waals surface area contributed by atoms with Gasteiger partial charge < -0.3 is 19.2 Å². The molecule has 1 saturated carbocycles. The minimum atomic E-state index is -0.934. The number of fused-ring (bicyclic) bond motifs is 1. The van der Waals surface area contributed by atoms with Crippen molar-refractivity contribution in [2.45, 2.75) is 25.4 Å². The quantitative estimate of drug-likeness (QED) is 0.363. The minimum Gasteiger partial charge on any atom is -0.431 e. The van der Waals surface area contributed by atoms with Gasteiger partial charge in [-0.2, -0.15) is 4.98 Å². The van der Waals surface area contributed by atoms with Gasteiger partial charge >= 0.3 is 0 Å². The van der Waals surface area contributed by atoms with Crippen molar-refractivity contribution in [3.05, 3.63) is 71.8 Å². The van der Waals surface area contributed by atoms with Crippen molar-refractivity contribution in [2.75, 3.05) is 5.32 Å². The molecule has 5 aromatic rings. The van der Waals surface area contributed by atoms with Gasteiger partial charge in [-0.1, -0.05) is 17.3 Å². The molecule has 0 aliphatic heterocycles. The van der Waals surface area contributed by atoms with Gasteiger partial charge in [0, 0.05) is 28.4 Å². The third kappa shape index (κ3) is 3.43. The number of aryl methyl sites for hydroxylation is 1. The highest BCUT2D eigenvalue weighted by atomic mass is 19.1. The summed E-state index contributed by atoms with van der Waals surface area (Å²) in [5.74, 6) is -0.431. The molecule has 170 valence electrons. The topological polar surface area (TPSA) is 110 Å². The molecule has 2 N–H and O–H groups in total. The molecule has 8 nitrogen and oxygen atoms in total. The van der Waals surface area contributed by atoms with E-state index in [-0.39, 0.29) is 29.3 Å². The van der Waals surface area contributed by atoms with Crippen molar-refractivity contribution in [3.8, 4) is 22.8 Å². The highest BCUT2D eigenvalue weighted by Gasteiger charge is 2.43. The maximum atomic E-state index is 14.0. The number of alkyl halides is 1. The second-order valence-corrected chi connectivity index (χ2v) is 8.19. The summed E-state index contributed by atoms with van der Waals surface area (Å²) < 4.78 is 38.1. The molecule has 0 radical (unpaired) electrons. The standard InChI is InChI=1S/C24H17F2N5O3/c1-11-2-3-12(21-30-24(34-31-21)15-9-17(15)26)8-18(11)29-22(32)19-10-28-23(33-19)14-4-5-16(25)20-13(14)6-7-27-20/h2-8,10,15,17,27H,9H2,1H3,(H,29,32)/t15-,17-/m0/s1. The van der Waals surface area contributed by atoms with E-state index in [1.807, 2.05) is 13.0 Å². The van der Waals surface area contributed by atoms with E-state index in [4.69, 9.17) is 8.94 Å². The lowest BCUT2D eigenvalue weighted by atomic mass is 10.1. The van der Waals surface area contributed by atoms with Crippen LogP contribution < -0.4 is 5.32 Å². The van der Waals surface area contributed by atoms with E-state index >= 15 is 0 Å². The van der Waals surface area contributed by atoms with Gasteiger partial charge in [0.25, 0.3) is 5.91 Å². The van der Waals surface area contributed by atoms with E-state index in [9.17, 15) is 13.6 Å². The summed E-state index contributed by atoms with van der Waals surface area (Å²) in [5.41, 5.74) is 2.85. The van der Waals surface area contributed by atoms with Crippen LogP contribution in [0.5, 0.6) is 0 Å². The van der Waals surface area contributed by atoms with Crippen molar-refractivity contribution in [3.63, 3.8) is 0 Å². The smallest absolute Gasteiger partial charge is 0.293 e. The molecular weight excluding hydrogens is 444 g/mol. The molecule has 6 rings (SSSR count). The number of benzene rings is 2. The van der Waals surface area contributed by atoms with Crippen LogP contribution >= 0.6 is 0 Å². The number of H-pyrrole nitrogens is 1. The fourth-order valence-corrected chi connectivity index (χ4v) is 3.81. The van der Waals surface area contributed by atoms with Crippen LogP contribution in [0.1, 0.15) is 34.3 Å². The number of amides is 1. The lowest BCUT2D eigenvalue weighted by molar-refractivity contribution is 0.0997. The van der Waals surface area contributed by atoms with E-state index < -0.39 is 12.1 Å². The molecule has 1 fully saturated rings. The summed E-state index contributed by atoms with van der Waals surface area (Å²) in [6, 6.07) is 9.90. The summed E-state index contributed by atoms with van der Waals surface area (Å²) in [7, 11) is 0. The maximum Gasteiger partial charge on any atom is 0.293 e. The second kappa shape index (κ2) is 7.62. The summed E-state index contributed by atoms with van der Waals surface area (Å²) in [5, 5.41) is 7.34. The number of hydrogen-bond donors (Lipinski definition) is 2. The molecule has 0 unspecified atom stereocenters. The van der Waals surface area contributed by atoms with E-state index in [0.29, 0.717) is 40.0 Å². The molecule has 3 aromatic heterocycles. The van der Waals surface area contributed by atoms with E-state index in [1.54, 1.807) is 30.5 Å². The number of nitrogens with one attached hydrogen (secondary N) is 2. The zero-order chi connectivity index (χ0) is 23.4. The van der Waals surface area contributed by atoms with Crippen LogP contribution in [0.3, 0.4) is 0 Å². The fourth-order valence-electron chi connectivity index (χ4n) is 3.81.